The average molecular weight is 697 g/mol. The van der Waals surface area contributed by atoms with Crippen LogP contribution >= 0.6 is 0 Å². The van der Waals surface area contributed by atoms with E-state index in [1.807, 2.05) is 6.08 Å². The maximum atomic E-state index is 12.1. The third-order valence-corrected chi connectivity index (χ3v) is 10.0. The van der Waals surface area contributed by atoms with Crippen molar-refractivity contribution in [1.29, 1.82) is 0 Å². The van der Waals surface area contributed by atoms with Crippen LogP contribution in [0.4, 0.5) is 0 Å². The van der Waals surface area contributed by atoms with Gasteiger partial charge in [0.25, 0.3) is 0 Å². The molecule has 0 unspecified atom stereocenters. The molecule has 4 N–H and O–H groups in total. The number of unbranched alkanes of at least 4 members (excludes halogenated alkanes) is 16. The van der Waals surface area contributed by atoms with Gasteiger partial charge in [0.1, 0.15) is 19.3 Å². The van der Waals surface area contributed by atoms with E-state index in [0.717, 1.165) is 70.1 Å². The first-order chi connectivity index (χ1) is 23.6. The van der Waals surface area contributed by atoms with E-state index in [1.165, 1.54) is 64.2 Å². The number of aliphatic hydroxyl groups is 4. The first-order valence-electron chi connectivity index (χ1n) is 20.4. The number of aliphatic hydroxyl groups excluding tert-OH is 4. The highest BCUT2D eigenvalue weighted by atomic mass is 16.6. The van der Waals surface area contributed by atoms with Gasteiger partial charge in [-0.25, -0.2) is 0 Å². The van der Waals surface area contributed by atoms with Crippen LogP contribution in [0.1, 0.15) is 181 Å². The highest BCUT2D eigenvalue weighted by Gasteiger charge is 2.39. The molecule has 1 aliphatic carbocycles. The van der Waals surface area contributed by atoms with Crippen molar-refractivity contribution in [2.24, 2.45) is 17.8 Å². The highest BCUT2D eigenvalue weighted by molar-refractivity contribution is 5.69. The Morgan fingerprint density at radius 2 is 1.12 bits per heavy atom. The zero-order valence-corrected chi connectivity index (χ0v) is 31.7. The van der Waals surface area contributed by atoms with Gasteiger partial charge in [-0.1, -0.05) is 148 Å². The summed E-state index contributed by atoms with van der Waals surface area (Å²) in [4.78, 5) is 24.1. The topological polar surface area (TPSA) is 134 Å². The Bertz CT molecular complexity index is 830. The predicted molar refractivity (Wildman–Crippen MR) is 198 cm³/mol. The molecule has 0 aromatic carbocycles. The number of rotatable bonds is 32. The minimum Gasteiger partial charge on any atom is -0.463 e. The van der Waals surface area contributed by atoms with Gasteiger partial charge < -0.3 is 29.9 Å². The lowest BCUT2D eigenvalue weighted by Gasteiger charge is -2.21. The van der Waals surface area contributed by atoms with Crippen molar-refractivity contribution in [2.75, 3.05) is 13.2 Å². The van der Waals surface area contributed by atoms with E-state index < -0.39 is 24.4 Å². The zero-order chi connectivity index (χ0) is 36.1. The van der Waals surface area contributed by atoms with E-state index in [-0.39, 0.29) is 43.4 Å². The van der Waals surface area contributed by atoms with Crippen molar-refractivity contribution in [2.45, 2.75) is 206 Å². The third-order valence-electron chi connectivity index (χ3n) is 10.0. The summed E-state index contributed by atoms with van der Waals surface area (Å²) in [5.74, 6) is -0.0433. The van der Waals surface area contributed by atoms with Gasteiger partial charge in [-0.3, -0.25) is 9.59 Å². The van der Waals surface area contributed by atoms with Gasteiger partial charge in [-0.2, -0.15) is 0 Å². The molecule has 49 heavy (non-hydrogen) atoms. The molecule has 288 valence electrons. The van der Waals surface area contributed by atoms with Gasteiger partial charge in [0.15, 0.2) is 0 Å². The van der Waals surface area contributed by atoms with E-state index in [2.05, 4.69) is 20.8 Å². The summed E-state index contributed by atoms with van der Waals surface area (Å²) in [6.07, 6.45) is 26.2. The van der Waals surface area contributed by atoms with E-state index >= 15 is 0 Å². The summed E-state index contributed by atoms with van der Waals surface area (Å²) in [7, 11) is 0. The Morgan fingerprint density at radius 3 is 1.63 bits per heavy atom. The largest absolute Gasteiger partial charge is 0.463 e. The molecule has 8 heteroatoms. The van der Waals surface area contributed by atoms with E-state index in [4.69, 9.17) is 9.47 Å². The average Bonchev–Trinajstić information content (AvgIpc) is 3.34. The molecular weight excluding hydrogens is 620 g/mol. The molecule has 1 aliphatic rings. The fourth-order valence-corrected chi connectivity index (χ4v) is 6.90. The number of ether oxygens (including phenoxy) is 2. The van der Waals surface area contributed by atoms with Crippen LogP contribution in [-0.4, -0.2) is 70.0 Å². The number of esters is 2. The summed E-state index contributed by atoms with van der Waals surface area (Å²) in [6.45, 7) is 6.37. The van der Waals surface area contributed by atoms with Crippen molar-refractivity contribution < 1.29 is 39.5 Å². The second-order valence-corrected chi connectivity index (χ2v) is 15.2. The molecule has 6 atom stereocenters. The van der Waals surface area contributed by atoms with Gasteiger partial charge in [0, 0.05) is 25.2 Å². The predicted octanol–water partition coefficient (Wildman–Crippen LogP) is 8.75. The zero-order valence-electron chi connectivity index (χ0n) is 31.7. The Balaban J connectivity index is 2.00. The Morgan fingerprint density at radius 1 is 0.653 bits per heavy atom. The van der Waals surface area contributed by atoms with Crippen molar-refractivity contribution in [1.82, 2.24) is 0 Å². The molecular formula is C41H76O8. The van der Waals surface area contributed by atoms with Gasteiger partial charge in [0.2, 0.25) is 0 Å². The fraction of sp³-hybridized carbons (Fsp3) is 0.902. The molecule has 0 aromatic rings. The van der Waals surface area contributed by atoms with Crippen molar-refractivity contribution in [3.8, 4) is 0 Å². The molecule has 0 aromatic heterocycles. The monoisotopic (exact) mass is 697 g/mol. The first-order valence-corrected chi connectivity index (χ1v) is 20.4. The second kappa shape index (κ2) is 30.2. The summed E-state index contributed by atoms with van der Waals surface area (Å²) in [5, 5.41) is 41.2. The van der Waals surface area contributed by atoms with Crippen molar-refractivity contribution in [3.05, 3.63) is 12.2 Å². The standard InChI is InChI=1S/C41H76O8/c1-4-5-18-24-34(42)28-29-37-36(38(44)30-39(37)45)25-20-16-17-22-27-41(47)49-32-35(43)31-48-40(46)26-21-15-13-11-9-7-6-8-10-12-14-19-23-33(2)3/h28-29,33-39,42-45H,4-27,30-32H2,1-3H3/b29-28+/t34-,35+,36+,37+,38-,39+/m0/s1. The van der Waals surface area contributed by atoms with Crippen LogP contribution in [-0.2, 0) is 19.1 Å². The number of hydrogen-bond acceptors (Lipinski definition) is 8. The molecule has 0 radical (unpaired) electrons. The molecule has 0 aliphatic heterocycles. The van der Waals surface area contributed by atoms with E-state index in [1.54, 1.807) is 6.08 Å². The van der Waals surface area contributed by atoms with Gasteiger partial charge in [0.05, 0.1) is 18.3 Å². The van der Waals surface area contributed by atoms with Gasteiger partial charge in [-0.15, -0.1) is 0 Å². The van der Waals surface area contributed by atoms with Crippen molar-refractivity contribution in [3.63, 3.8) is 0 Å². The molecule has 0 saturated heterocycles. The quantitative estimate of drug-likeness (QED) is 0.0312. The summed E-state index contributed by atoms with van der Waals surface area (Å²) >= 11 is 0. The maximum Gasteiger partial charge on any atom is 0.305 e. The van der Waals surface area contributed by atoms with Crippen LogP contribution in [0.2, 0.25) is 0 Å². The Labute approximate surface area is 299 Å². The molecule has 1 fully saturated rings. The highest BCUT2D eigenvalue weighted by Crippen LogP contribution is 2.37. The lowest BCUT2D eigenvalue weighted by molar-refractivity contribution is -0.152. The van der Waals surface area contributed by atoms with Crippen LogP contribution in [0.15, 0.2) is 12.2 Å². The molecule has 1 rings (SSSR count). The SMILES string of the molecule is CCCCC[C@H](O)/C=C/[C@@H]1[C@@H](CCCCCCC(=O)OC[C@H](O)COC(=O)CCCCCCCCCCCCCCC(C)C)[C@@H](O)C[C@H]1O. The van der Waals surface area contributed by atoms with E-state index in [9.17, 15) is 30.0 Å². The third kappa shape index (κ3) is 25.2. The molecule has 0 bridgehead atoms. The summed E-state index contributed by atoms with van der Waals surface area (Å²) < 4.78 is 10.3. The second-order valence-electron chi connectivity index (χ2n) is 15.2. The van der Waals surface area contributed by atoms with Gasteiger partial charge in [-0.05, 0) is 37.5 Å². The Hall–Kier alpha value is -1.48. The first kappa shape index (κ1) is 45.5. The minimum absolute atomic E-state index is 0.0294. The van der Waals surface area contributed by atoms with Crippen LogP contribution in [0.5, 0.6) is 0 Å². The molecule has 8 nitrogen and oxygen atoms in total. The van der Waals surface area contributed by atoms with Crippen LogP contribution in [0.25, 0.3) is 0 Å². The Kier molecular flexibility index (Phi) is 28.0. The lowest BCUT2D eigenvalue weighted by atomic mass is 9.88. The smallest absolute Gasteiger partial charge is 0.305 e. The van der Waals surface area contributed by atoms with Crippen LogP contribution in [0, 0.1) is 17.8 Å². The minimum atomic E-state index is -1.03. The lowest BCUT2D eigenvalue weighted by Crippen LogP contribution is -2.25. The maximum absolute atomic E-state index is 12.1. The van der Waals surface area contributed by atoms with Crippen LogP contribution in [0.3, 0.4) is 0 Å². The molecule has 0 heterocycles. The number of carbonyl (C=O) groups is 2. The summed E-state index contributed by atoms with van der Waals surface area (Å²) in [5.41, 5.74) is 0. The fourth-order valence-electron chi connectivity index (χ4n) is 6.90. The van der Waals surface area contributed by atoms with Crippen LogP contribution < -0.4 is 0 Å². The molecule has 1 saturated carbocycles. The van der Waals surface area contributed by atoms with Gasteiger partial charge >= 0.3 is 11.9 Å². The molecule has 0 amide bonds. The number of carbonyl (C=O) groups excluding carboxylic acids is 2. The van der Waals surface area contributed by atoms with Crippen molar-refractivity contribution >= 4 is 11.9 Å². The number of hydrogen-bond donors (Lipinski definition) is 4. The normalized spacial score (nSPS) is 20.7. The molecule has 0 spiro atoms. The van der Waals surface area contributed by atoms with E-state index in [0.29, 0.717) is 25.7 Å². The summed E-state index contributed by atoms with van der Waals surface area (Å²) in [6, 6.07) is 0.